The Labute approximate surface area is 92.0 Å². The van der Waals surface area contributed by atoms with E-state index < -0.39 is 23.2 Å². The molecule has 0 heterocycles. The SMILES string of the molecule is CC(S)[S+]([O-])C[C@H](NC1CC1)C(=O)O. The van der Waals surface area contributed by atoms with E-state index in [1.54, 1.807) is 6.92 Å². The number of carboxylic acid groups (broad SMARTS) is 1. The van der Waals surface area contributed by atoms with Crippen molar-refractivity contribution >= 4 is 29.8 Å². The molecule has 1 aliphatic carbocycles. The minimum Gasteiger partial charge on any atom is -0.615 e. The fraction of sp³-hybridized carbons (Fsp3) is 0.875. The maximum absolute atomic E-state index is 11.4. The summed E-state index contributed by atoms with van der Waals surface area (Å²) >= 11 is 2.83. The number of carbonyl (C=O) groups is 1. The second-order valence-electron chi connectivity index (χ2n) is 3.48. The third-order valence-corrected chi connectivity index (χ3v) is 4.15. The van der Waals surface area contributed by atoms with Crippen LogP contribution in [0.5, 0.6) is 0 Å². The predicted octanol–water partition coefficient (Wildman–Crippen LogP) is 0.216. The van der Waals surface area contributed by atoms with Crippen molar-refractivity contribution in [1.29, 1.82) is 0 Å². The Kier molecular flexibility index (Phi) is 4.56. The van der Waals surface area contributed by atoms with Gasteiger partial charge in [-0.25, -0.2) is 0 Å². The summed E-state index contributed by atoms with van der Waals surface area (Å²) in [4.78, 5) is 10.8. The van der Waals surface area contributed by atoms with E-state index in [-0.39, 0.29) is 10.3 Å². The average molecular weight is 237 g/mol. The van der Waals surface area contributed by atoms with Crippen molar-refractivity contribution in [2.24, 2.45) is 0 Å². The molecular weight excluding hydrogens is 222 g/mol. The Morgan fingerprint density at radius 2 is 2.36 bits per heavy atom. The van der Waals surface area contributed by atoms with E-state index in [0.717, 1.165) is 12.8 Å². The molecule has 1 saturated carbocycles. The van der Waals surface area contributed by atoms with Crippen LogP contribution in [0.4, 0.5) is 0 Å². The number of thiol groups is 1. The second kappa shape index (κ2) is 5.25. The normalized spacial score (nSPS) is 22.8. The van der Waals surface area contributed by atoms with Crippen molar-refractivity contribution in [1.82, 2.24) is 5.32 Å². The molecule has 0 radical (unpaired) electrons. The second-order valence-corrected chi connectivity index (χ2v) is 6.40. The molecule has 82 valence electrons. The molecule has 1 rings (SSSR count). The van der Waals surface area contributed by atoms with Gasteiger partial charge in [0.25, 0.3) is 0 Å². The van der Waals surface area contributed by atoms with Crippen LogP contribution in [0.2, 0.25) is 0 Å². The first-order chi connectivity index (χ1) is 6.50. The van der Waals surface area contributed by atoms with Crippen molar-refractivity contribution < 1.29 is 14.5 Å². The highest BCUT2D eigenvalue weighted by molar-refractivity contribution is 8.04. The number of hydrogen-bond acceptors (Lipinski definition) is 4. The summed E-state index contributed by atoms with van der Waals surface area (Å²) in [5.41, 5.74) is 0. The zero-order chi connectivity index (χ0) is 10.7. The van der Waals surface area contributed by atoms with Crippen LogP contribution >= 0.6 is 12.6 Å². The van der Waals surface area contributed by atoms with Crippen molar-refractivity contribution in [2.45, 2.75) is 36.4 Å². The van der Waals surface area contributed by atoms with Crippen molar-refractivity contribution in [2.75, 3.05) is 5.75 Å². The Balaban J connectivity index is 2.37. The largest absolute Gasteiger partial charge is 0.615 e. The van der Waals surface area contributed by atoms with Gasteiger partial charge in [-0.05, 0) is 30.9 Å². The highest BCUT2D eigenvalue weighted by Gasteiger charge is 2.32. The van der Waals surface area contributed by atoms with E-state index in [2.05, 4.69) is 17.9 Å². The topological polar surface area (TPSA) is 72.4 Å². The van der Waals surface area contributed by atoms with Gasteiger partial charge in [0.2, 0.25) is 0 Å². The predicted molar refractivity (Wildman–Crippen MR) is 59.0 cm³/mol. The molecule has 14 heavy (non-hydrogen) atoms. The minimum absolute atomic E-state index is 0.135. The molecule has 0 bridgehead atoms. The Hall–Kier alpha value is 0.0900. The van der Waals surface area contributed by atoms with Gasteiger partial charge in [-0.3, -0.25) is 10.1 Å². The molecule has 0 spiro atoms. The Morgan fingerprint density at radius 3 is 2.71 bits per heavy atom. The van der Waals surface area contributed by atoms with Crippen LogP contribution < -0.4 is 5.32 Å². The standard InChI is InChI=1S/C8H15NO3S2/c1-5(13)14(12)4-7(8(10)11)9-6-2-3-6/h5-7,9,13H,2-4H2,1H3,(H,10,11)/t5?,7-,14?/m0/s1. The molecule has 4 nitrogen and oxygen atoms in total. The van der Waals surface area contributed by atoms with Crippen LogP contribution in [-0.4, -0.2) is 38.0 Å². The van der Waals surface area contributed by atoms with Gasteiger partial charge in [0.1, 0.15) is 5.75 Å². The minimum atomic E-state index is -1.19. The van der Waals surface area contributed by atoms with Gasteiger partial charge in [-0.1, -0.05) is 0 Å². The zero-order valence-electron chi connectivity index (χ0n) is 7.97. The summed E-state index contributed by atoms with van der Waals surface area (Å²) in [6, 6.07) is -0.388. The summed E-state index contributed by atoms with van der Waals surface area (Å²) in [5, 5.41) is 11.8. The molecule has 0 aliphatic heterocycles. The Morgan fingerprint density at radius 1 is 1.79 bits per heavy atom. The smallest absolute Gasteiger partial charge is 0.325 e. The quantitative estimate of drug-likeness (QED) is 0.456. The number of hydrogen-bond donors (Lipinski definition) is 3. The average Bonchev–Trinajstić information content (AvgIpc) is 2.86. The molecule has 0 amide bonds. The fourth-order valence-electron chi connectivity index (χ4n) is 1.03. The highest BCUT2D eigenvalue weighted by Crippen LogP contribution is 2.20. The van der Waals surface area contributed by atoms with E-state index in [4.69, 9.17) is 5.11 Å². The van der Waals surface area contributed by atoms with Crippen LogP contribution in [0.15, 0.2) is 0 Å². The summed E-state index contributed by atoms with van der Waals surface area (Å²) in [6.07, 6.45) is 2.04. The lowest BCUT2D eigenvalue weighted by atomic mass is 10.3. The maximum atomic E-state index is 11.4. The Bertz CT molecular complexity index is 209. The monoisotopic (exact) mass is 237 g/mol. The van der Waals surface area contributed by atoms with Crippen LogP contribution in [0.25, 0.3) is 0 Å². The molecule has 3 atom stereocenters. The lowest BCUT2D eigenvalue weighted by molar-refractivity contribution is -0.138. The summed E-state index contributed by atoms with van der Waals surface area (Å²) in [5.74, 6) is -0.796. The fourth-order valence-corrected chi connectivity index (χ4v) is 2.13. The summed E-state index contributed by atoms with van der Waals surface area (Å²) in [7, 11) is 0. The van der Waals surface area contributed by atoms with Crippen LogP contribution in [0.3, 0.4) is 0 Å². The molecule has 2 unspecified atom stereocenters. The maximum Gasteiger partial charge on any atom is 0.325 e. The van der Waals surface area contributed by atoms with Gasteiger partial charge >= 0.3 is 5.97 Å². The van der Waals surface area contributed by atoms with E-state index in [1.165, 1.54) is 0 Å². The number of rotatable bonds is 6. The third-order valence-electron chi connectivity index (χ3n) is 2.02. The van der Waals surface area contributed by atoms with Gasteiger partial charge in [-0.15, -0.1) is 12.6 Å². The van der Waals surface area contributed by atoms with E-state index in [1.807, 2.05) is 0 Å². The molecule has 0 aromatic rings. The first kappa shape index (κ1) is 12.2. The molecule has 0 saturated heterocycles. The van der Waals surface area contributed by atoms with Crippen LogP contribution in [0, 0.1) is 0 Å². The summed E-state index contributed by atoms with van der Waals surface area (Å²) in [6.45, 7) is 1.70. The zero-order valence-corrected chi connectivity index (χ0v) is 9.68. The summed E-state index contributed by atoms with van der Waals surface area (Å²) < 4.78 is 11.1. The molecule has 1 aliphatic rings. The molecule has 6 heteroatoms. The molecular formula is C8H15NO3S2. The van der Waals surface area contributed by atoms with Crippen molar-refractivity contribution in [3.8, 4) is 0 Å². The van der Waals surface area contributed by atoms with E-state index >= 15 is 0 Å². The molecule has 1 fully saturated rings. The van der Waals surface area contributed by atoms with Gasteiger partial charge in [0, 0.05) is 6.04 Å². The van der Waals surface area contributed by atoms with Gasteiger partial charge in [0.15, 0.2) is 10.6 Å². The first-order valence-corrected chi connectivity index (χ1v) is 6.44. The van der Waals surface area contributed by atoms with E-state index in [0.29, 0.717) is 6.04 Å². The number of nitrogens with one attached hydrogen (secondary N) is 1. The van der Waals surface area contributed by atoms with Crippen molar-refractivity contribution in [3.05, 3.63) is 0 Å². The first-order valence-electron chi connectivity index (χ1n) is 4.55. The van der Waals surface area contributed by atoms with Crippen LogP contribution in [-0.2, 0) is 16.0 Å². The van der Waals surface area contributed by atoms with Gasteiger partial charge < -0.3 is 9.66 Å². The number of aliphatic carboxylic acids is 1. The van der Waals surface area contributed by atoms with Crippen LogP contribution in [0.1, 0.15) is 19.8 Å². The highest BCUT2D eigenvalue weighted by atomic mass is 32.2. The molecule has 0 aromatic heterocycles. The molecule has 0 aromatic carbocycles. The molecule has 2 N–H and O–H groups in total. The lowest BCUT2D eigenvalue weighted by Gasteiger charge is -2.19. The third kappa shape index (κ3) is 4.08. The van der Waals surface area contributed by atoms with Gasteiger partial charge in [-0.2, -0.15) is 0 Å². The van der Waals surface area contributed by atoms with E-state index in [9.17, 15) is 9.35 Å². The van der Waals surface area contributed by atoms with Gasteiger partial charge in [0.05, 0.1) is 0 Å². The lowest BCUT2D eigenvalue weighted by Crippen LogP contribution is -2.44. The van der Waals surface area contributed by atoms with Crippen molar-refractivity contribution in [3.63, 3.8) is 0 Å². The number of carboxylic acids is 1.